The Bertz CT molecular complexity index is 1080. The fourth-order valence-corrected chi connectivity index (χ4v) is 4.26. The van der Waals surface area contributed by atoms with Crippen molar-refractivity contribution in [3.05, 3.63) is 47.3 Å². The van der Waals surface area contributed by atoms with Gasteiger partial charge in [0, 0.05) is 16.9 Å². The fraction of sp³-hybridized carbons (Fsp3) is 0.440. The van der Waals surface area contributed by atoms with Crippen LogP contribution in [0.25, 0.3) is 23.6 Å². The highest BCUT2D eigenvalue weighted by atomic mass is 16.3. The number of oxazole rings is 1. The molecule has 2 aliphatic rings. The summed E-state index contributed by atoms with van der Waals surface area (Å²) >= 11 is 0. The van der Waals surface area contributed by atoms with Crippen molar-refractivity contribution in [2.45, 2.75) is 57.3 Å². The average molecular weight is 452 g/mol. The molecule has 33 heavy (non-hydrogen) atoms. The van der Waals surface area contributed by atoms with E-state index in [9.17, 15) is 9.90 Å². The molecule has 1 aromatic carbocycles. The first-order valence-corrected chi connectivity index (χ1v) is 11.7. The number of anilines is 1. The van der Waals surface area contributed by atoms with Gasteiger partial charge in [0.15, 0.2) is 5.42 Å². The predicted octanol–water partition coefficient (Wildman–Crippen LogP) is 1.18. The van der Waals surface area contributed by atoms with Gasteiger partial charge >= 0.3 is 0 Å². The van der Waals surface area contributed by atoms with E-state index in [-0.39, 0.29) is 18.0 Å². The van der Waals surface area contributed by atoms with Crippen LogP contribution in [0.15, 0.2) is 41.0 Å². The number of piperidine rings is 1. The normalized spacial score (nSPS) is 22.8. The van der Waals surface area contributed by atoms with Gasteiger partial charge in [-0.05, 0) is 82.1 Å². The number of amides is 1. The Balaban J connectivity index is 1.44. The summed E-state index contributed by atoms with van der Waals surface area (Å²) in [5.41, 5.74) is 2.73. The Morgan fingerprint density at radius 2 is 2.00 bits per heavy atom. The summed E-state index contributed by atoms with van der Waals surface area (Å²) in [6.45, 7) is 7.63. The van der Waals surface area contributed by atoms with E-state index in [0.717, 1.165) is 56.4 Å². The molecule has 3 unspecified atom stereocenters. The minimum Gasteiger partial charge on any atom is -0.436 e. The molecule has 2 saturated heterocycles. The molecule has 1 amide bonds. The van der Waals surface area contributed by atoms with Gasteiger partial charge in [-0.1, -0.05) is 13.0 Å². The highest BCUT2D eigenvalue weighted by Crippen LogP contribution is 2.20. The summed E-state index contributed by atoms with van der Waals surface area (Å²) in [5, 5.41) is 23.6. The Hall–Kier alpha value is -2.94. The smallest absolute Gasteiger partial charge is 0.241 e. The monoisotopic (exact) mass is 451 g/mol. The number of aliphatic hydroxyl groups excluding tert-OH is 1. The van der Waals surface area contributed by atoms with Gasteiger partial charge in [-0.3, -0.25) is 4.79 Å². The molecular formula is C25H33N5O3. The van der Waals surface area contributed by atoms with Crippen molar-refractivity contribution in [1.29, 1.82) is 0 Å². The lowest BCUT2D eigenvalue weighted by Crippen LogP contribution is -2.46. The number of hydrogen-bond donors (Lipinski definition) is 5. The molecule has 2 fully saturated rings. The molecule has 2 aromatic rings. The van der Waals surface area contributed by atoms with E-state index in [0.29, 0.717) is 22.4 Å². The Morgan fingerprint density at radius 3 is 2.67 bits per heavy atom. The molecule has 0 aliphatic carbocycles. The maximum absolute atomic E-state index is 12.3. The van der Waals surface area contributed by atoms with Crippen LogP contribution in [0.2, 0.25) is 0 Å². The molecule has 176 valence electrons. The lowest BCUT2D eigenvalue weighted by Gasteiger charge is -2.29. The summed E-state index contributed by atoms with van der Waals surface area (Å²) in [5.74, 6) is 0.403. The molecule has 0 bridgehead atoms. The minimum atomic E-state index is -0.638. The summed E-state index contributed by atoms with van der Waals surface area (Å²) in [6, 6.07) is 7.50. The quantitative estimate of drug-likeness (QED) is 0.402. The van der Waals surface area contributed by atoms with Crippen LogP contribution in [-0.4, -0.2) is 47.4 Å². The van der Waals surface area contributed by atoms with E-state index in [1.54, 1.807) is 6.08 Å². The van der Waals surface area contributed by atoms with Gasteiger partial charge in [-0.25, -0.2) is 4.98 Å². The number of hydrogen-bond acceptors (Lipinski definition) is 7. The van der Waals surface area contributed by atoms with Crippen LogP contribution in [0.3, 0.4) is 0 Å². The first-order chi connectivity index (χ1) is 16.0. The first kappa shape index (κ1) is 23.2. The van der Waals surface area contributed by atoms with Crippen LogP contribution in [0, 0.1) is 0 Å². The van der Waals surface area contributed by atoms with Crippen LogP contribution < -0.4 is 32.0 Å². The van der Waals surface area contributed by atoms with Gasteiger partial charge in [0.1, 0.15) is 11.6 Å². The van der Waals surface area contributed by atoms with Crippen molar-refractivity contribution in [2.75, 3.05) is 18.4 Å². The molecule has 0 spiro atoms. The molecular weight excluding hydrogens is 418 g/mol. The maximum atomic E-state index is 12.3. The van der Waals surface area contributed by atoms with E-state index < -0.39 is 6.23 Å². The van der Waals surface area contributed by atoms with Gasteiger partial charge in [-0.15, -0.1) is 0 Å². The molecule has 8 heteroatoms. The second-order valence-electron chi connectivity index (χ2n) is 8.59. The van der Waals surface area contributed by atoms with Crippen molar-refractivity contribution in [3.63, 3.8) is 0 Å². The second kappa shape index (κ2) is 10.8. The van der Waals surface area contributed by atoms with Crippen LogP contribution in [0.1, 0.15) is 39.0 Å². The van der Waals surface area contributed by atoms with Gasteiger partial charge in [-0.2, -0.15) is 0 Å². The average Bonchev–Trinajstić information content (AvgIpc) is 3.50. The number of nitrogens with one attached hydrogen (secondary N) is 4. The van der Waals surface area contributed by atoms with Crippen LogP contribution in [0.5, 0.6) is 0 Å². The van der Waals surface area contributed by atoms with Crippen molar-refractivity contribution in [3.8, 4) is 11.5 Å². The molecule has 2 aliphatic heterocycles. The number of aromatic nitrogens is 1. The number of nitrogens with zero attached hydrogens (tertiary/aromatic N) is 1. The maximum Gasteiger partial charge on any atom is 0.241 e. The molecule has 3 atom stereocenters. The number of aliphatic hydroxyl groups is 1. The molecule has 0 saturated carbocycles. The van der Waals surface area contributed by atoms with E-state index in [1.165, 1.54) is 0 Å². The first-order valence-electron chi connectivity index (χ1n) is 11.7. The Kier molecular flexibility index (Phi) is 7.59. The molecule has 1 aromatic heterocycles. The number of carbonyl (C=O) groups excluding carboxylic acids is 1. The Labute approximate surface area is 193 Å². The third-order valence-corrected chi connectivity index (χ3v) is 6.09. The zero-order chi connectivity index (χ0) is 23.2. The lowest BCUT2D eigenvalue weighted by molar-refractivity contribution is -0.121. The standard InChI is InChI=1S/C25H33N5O3/c1-3-22-21(15-16(2)28-23(31)20-8-6-14-27-20)30-25(33-22)17-9-11-18(12-10-17)29-24(32)19-7-4-5-13-26-19/h3,9-12,15,19-20,24,26-27,29,32H,2,4-8,13-14H2,1H3,(H,28,31). The van der Waals surface area contributed by atoms with E-state index >= 15 is 0 Å². The van der Waals surface area contributed by atoms with Crippen molar-refractivity contribution < 1.29 is 14.3 Å². The van der Waals surface area contributed by atoms with Crippen LogP contribution >= 0.6 is 0 Å². The van der Waals surface area contributed by atoms with Crippen molar-refractivity contribution in [1.82, 2.24) is 20.9 Å². The van der Waals surface area contributed by atoms with E-state index in [1.807, 2.05) is 37.3 Å². The summed E-state index contributed by atoms with van der Waals surface area (Å²) in [6.07, 6.45) is 7.99. The Morgan fingerprint density at radius 1 is 1.21 bits per heavy atom. The number of rotatable bonds is 7. The number of allylic oxidation sites excluding steroid dienone is 1. The van der Waals surface area contributed by atoms with Crippen molar-refractivity contribution in [2.24, 2.45) is 0 Å². The zero-order valence-electron chi connectivity index (χ0n) is 19.1. The molecule has 3 heterocycles. The summed E-state index contributed by atoms with van der Waals surface area (Å²) < 4.78 is 5.93. The summed E-state index contributed by atoms with van der Waals surface area (Å²) in [7, 11) is 0. The van der Waals surface area contributed by atoms with Gasteiger partial charge < -0.3 is 30.8 Å². The SMILES string of the molecule is C=C(C=c1nc(-c2ccc(NC(O)C3CCCCN3)cc2)oc1=CC)NC(=O)C1CCCN1. The highest BCUT2D eigenvalue weighted by molar-refractivity contribution is 5.85. The molecule has 4 rings (SSSR count). The molecule has 8 nitrogen and oxygen atoms in total. The number of benzene rings is 1. The molecule has 0 radical (unpaired) electrons. The number of carbonyl (C=O) groups is 1. The predicted molar refractivity (Wildman–Crippen MR) is 129 cm³/mol. The fourth-order valence-electron chi connectivity index (χ4n) is 4.26. The topological polar surface area (TPSA) is 111 Å². The van der Waals surface area contributed by atoms with E-state index in [4.69, 9.17) is 4.42 Å². The van der Waals surface area contributed by atoms with Gasteiger partial charge in [0.25, 0.3) is 0 Å². The second-order valence-corrected chi connectivity index (χ2v) is 8.59. The highest BCUT2D eigenvalue weighted by Gasteiger charge is 2.22. The third kappa shape index (κ3) is 5.90. The summed E-state index contributed by atoms with van der Waals surface area (Å²) in [4.78, 5) is 16.9. The van der Waals surface area contributed by atoms with Crippen LogP contribution in [-0.2, 0) is 4.79 Å². The van der Waals surface area contributed by atoms with Gasteiger partial charge in [0.05, 0.1) is 12.1 Å². The zero-order valence-corrected chi connectivity index (χ0v) is 19.1. The lowest BCUT2D eigenvalue weighted by atomic mass is 10.0. The van der Waals surface area contributed by atoms with Crippen LogP contribution in [0.4, 0.5) is 5.69 Å². The van der Waals surface area contributed by atoms with E-state index in [2.05, 4.69) is 32.8 Å². The molecule has 5 N–H and O–H groups in total. The van der Waals surface area contributed by atoms with Crippen molar-refractivity contribution >= 4 is 23.7 Å². The third-order valence-electron chi connectivity index (χ3n) is 6.09. The largest absolute Gasteiger partial charge is 0.436 e. The van der Waals surface area contributed by atoms with Gasteiger partial charge in [0.2, 0.25) is 11.8 Å². The minimum absolute atomic E-state index is 0.0592.